The van der Waals surface area contributed by atoms with Crippen LogP contribution in [0.2, 0.25) is 20.1 Å². The van der Waals surface area contributed by atoms with Gasteiger partial charge in [0.05, 0.1) is 51.0 Å². The molecule has 0 bridgehead atoms. The minimum atomic E-state index is -4.12. The first kappa shape index (κ1) is 63.5. The van der Waals surface area contributed by atoms with Crippen LogP contribution in [-0.2, 0) is 20.0 Å². The van der Waals surface area contributed by atoms with Gasteiger partial charge in [0, 0.05) is 24.2 Å². The summed E-state index contributed by atoms with van der Waals surface area (Å²) >= 11 is 34.3. The molecule has 6 aromatic rings. The number of aromatic amines is 2. The van der Waals surface area contributed by atoms with Crippen molar-refractivity contribution in [2.75, 3.05) is 7.11 Å². The van der Waals surface area contributed by atoms with E-state index in [2.05, 4.69) is 76.9 Å². The van der Waals surface area contributed by atoms with Crippen molar-refractivity contribution in [1.82, 2.24) is 48.9 Å². The topological polar surface area (TPSA) is 302 Å². The minimum Gasteiger partial charge on any atom is -0.505 e. The van der Waals surface area contributed by atoms with E-state index in [-0.39, 0.29) is 91.5 Å². The maximum Gasteiger partial charge on any atom is 0.369 e. The van der Waals surface area contributed by atoms with Crippen LogP contribution in [0.5, 0.6) is 34.8 Å². The number of alkyl halides is 4. The number of rotatable bonds is 15. The lowest BCUT2D eigenvalue weighted by Crippen LogP contribution is -2.48. The second-order valence-corrected chi connectivity index (χ2v) is 30.0. The average Bonchev–Trinajstić information content (AvgIpc) is 3.31. The van der Waals surface area contributed by atoms with Gasteiger partial charge in [0.2, 0.25) is 31.8 Å². The molecule has 2 aromatic carbocycles. The molecule has 0 aliphatic heterocycles. The second-order valence-electron chi connectivity index (χ2n) is 18.6. The number of hydrogen-bond donors (Lipinski definition) is 5. The zero-order valence-electron chi connectivity index (χ0n) is 40.9. The third-order valence-corrected chi connectivity index (χ3v) is 15.5. The number of benzene rings is 2. The molecule has 4 heterocycles. The molecule has 0 unspecified atom stereocenters. The first-order chi connectivity index (χ1) is 36.6. The van der Waals surface area contributed by atoms with Crippen LogP contribution in [0.15, 0.2) is 77.8 Å². The Balaban J connectivity index is 0.000000239. The molecule has 8 rings (SSSR count). The van der Waals surface area contributed by atoms with Gasteiger partial charge in [-0.05, 0) is 60.8 Å². The fourth-order valence-electron chi connectivity index (χ4n) is 7.99. The summed E-state index contributed by atoms with van der Waals surface area (Å²) in [5, 5.41) is 16.0. The highest BCUT2D eigenvalue weighted by Gasteiger charge is 2.40. The molecule has 0 spiro atoms. The molecule has 0 radical (unpaired) electrons. The molecule has 0 atom stereocenters. The van der Waals surface area contributed by atoms with Gasteiger partial charge in [0.25, 0.3) is 24.0 Å². The molecular weight excluding hydrogens is 1380 g/mol. The number of aromatic nitrogens is 8. The van der Waals surface area contributed by atoms with Gasteiger partial charge >= 0.3 is 14.6 Å². The summed E-state index contributed by atoms with van der Waals surface area (Å²) in [5.41, 5.74) is -7.51. The third-order valence-electron chi connectivity index (χ3n) is 11.3. The summed E-state index contributed by atoms with van der Waals surface area (Å²) in [7, 11) is -6.84. The number of hydrogen-bond acceptors (Lipinski definition) is 16. The lowest BCUT2D eigenvalue weighted by atomic mass is 9.69. The van der Waals surface area contributed by atoms with Crippen LogP contribution in [0, 0.1) is 10.8 Å². The molecule has 2 aliphatic rings. The molecule has 5 N–H and O–H groups in total. The van der Waals surface area contributed by atoms with Gasteiger partial charge in [-0.15, -0.1) is 47.3 Å². The summed E-state index contributed by atoms with van der Waals surface area (Å²) in [5.74, 6) is -1.50. The van der Waals surface area contributed by atoms with E-state index in [9.17, 15) is 58.7 Å². The van der Waals surface area contributed by atoms with Gasteiger partial charge in [-0.3, -0.25) is 19.6 Å². The maximum atomic E-state index is 13.1. The van der Waals surface area contributed by atoms with Crippen molar-refractivity contribution in [3.8, 4) is 46.1 Å². The zero-order chi connectivity index (χ0) is 58.9. The number of methoxy groups -OCH3 is 1. The Morgan fingerprint density at radius 1 is 0.658 bits per heavy atom. The summed E-state index contributed by atoms with van der Waals surface area (Å²) in [4.78, 5) is 58.0. The van der Waals surface area contributed by atoms with E-state index in [1.807, 2.05) is 27.7 Å². The van der Waals surface area contributed by atoms with Crippen LogP contribution >= 0.6 is 93.7 Å². The fourth-order valence-corrected chi connectivity index (χ4v) is 11.8. The lowest BCUT2D eigenvalue weighted by molar-refractivity contribution is 0.141. The summed E-state index contributed by atoms with van der Waals surface area (Å²) < 4.78 is 127. The number of nitrogens with zero attached hydrogens (tertiary/aromatic N) is 6. The molecule has 0 amide bonds. The average molecular weight is 1420 g/mol. The monoisotopic (exact) mass is 1420 g/mol. The van der Waals surface area contributed by atoms with Crippen molar-refractivity contribution >= 4 is 117 Å². The highest BCUT2D eigenvalue weighted by atomic mass is 79.9. The molecule has 426 valence electrons. The van der Waals surface area contributed by atoms with Crippen molar-refractivity contribution in [2.45, 2.75) is 88.1 Å². The van der Waals surface area contributed by atoms with Gasteiger partial charge in [0.15, 0.2) is 34.4 Å². The van der Waals surface area contributed by atoms with Crippen molar-refractivity contribution in [2.24, 2.45) is 10.8 Å². The lowest BCUT2D eigenvalue weighted by Gasteiger charge is -2.42. The summed E-state index contributed by atoms with van der Waals surface area (Å²) in [6, 6.07) is 6.05. The maximum absolute atomic E-state index is 13.1. The molecule has 36 heteroatoms. The molecular formula is C43H40BBr3Cl4F4N10O12S2. The molecule has 4 aromatic heterocycles. The highest BCUT2D eigenvalue weighted by molar-refractivity contribution is 9.69. The Hall–Kier alpha value is -4.64. The molecule has 2 saturated carbocycles. The Bertz CT molecular complexity index is 3730. The largest absolute Gasteiger partial charge is 0.505 e. The van der Waals surface area contributed by atoms with Crippen LogP contribution in [-0.4, -0.2) is 83.8 Å². The SMILES string of the molecule is BrB(Br)Br.CC1(C)CC(NS(=O)(=O)c2cc(Oc3c(Cl)cc(-n4nc(C(F)F)c(=O)[nH]c4=O)cc3Cl)ncc2O)C1.COc1cnc(Oc2c(Cl)cc(-n3nc(C(F)F)c(=O)[nH]c3=O)cc2Cl)cc1S(=O)(=O)NC1CC(C)(C)C1. The van der Waals surface area contributed by atoms with Crippen LogP contribution in [0.1, 0.15) is 77.6 Å². The number of pyridine rings is 2. The summed E-state index contributed by atoms with van der Waals surface area (Å²) in [6.45, 7) is 8.09. The number of ether oxygens (including phenoxy) is 3. The summed E-state index contributed by atoms with van der Waals surface area (Å²) in [6.07, 6.45) is -1.85. The Kier molecular flexibility index (Phi) is 20.3. The van der Waals surface area contributed by atoms with Crippen molar-refractivity contribution in [3.05, 3.63) is 122 Å². The van der Waals surface area contributed by atoms with Gasteiger partial charge in [-0.25, -0.2) is 63.4 Å². The van der Waals surface area contributed by atoms with E-state index in [1.54, 1.807) is 9.97 Å². The zero-order valence-corrected chi connectivity index (χ0v) is 50.3. The number of aromatic hydroxyl groups is 1. The van der Waals surface area contributed by atoms with Gasteiger partial charge < -0.3 is 19.3 Å². The molecule has 2 aliphatic carbocycles. The Morgan fingerprint density at radius 3 is 1.34 bits per heavy atom. The first-order valence-corrected chi connectivity index (χ1v) is 29.4. The van der Waals surface area contributed by atoms with Gasteiger partial charge in [-0.2, -0.15) is 19.6 Å². The van der Waals surface area contributed by atoms with Crippen LogP contribution < -0.4 is 46.2 Å². The van der Waals surface area contributed by atoms with E-state index >= 15 is 0 Å². The first-order valence-electron chi connectivity index (χ1n) is 22.2. The van der Waals surface area contributed by atoms with E-state index < -0.39 is 77.4 Å². The minimum absolute atomic E-state index is 0.0120. The number of nitrogens with one attached hydrogen (secondary N) is 4. The van der Waals surface area contributed by atoms with E-state index in [1.165, 1.54) is 7.11 Å². The van der Waals surface area contributed by atoms with Crippen LogP contribution in [0.3, 0.4) is 0 Å². The normalized spacial score (nSPS) is 15.0. The highest BCUT2D eigenvalue weighted by Crippen LogP contribution is 2.44. The van der Waals surface area contributed by atoms with E-state index in [4.69, 9.17) is 60.6 Å². The number of halogens is 11. The number of H-pyrrole nitrogens is 2. The van der Waals surface area contributed by atoms with Crippen LogP contribution in [0.25, 0.3) is 11.4 Å². The predicted octanol–water partition coefficient (Wildman–Crippen LogP) is 9.51. The van der Waals surface area contributed by atoms with Crippen molar-refractivity contribution in [3.63, 3.8) is 0 Å². The third kappa shape index (κ3) is 15.9. The van der Waals surface area contributed by atoms with E-state index in [0.717, 1.165) is 48.8 Å². The van der Waals surface area contributed by atoms with Crippen molar-refractivity contribution < 1.29 is 53.7 Å². The van der Waals surface area contributed by atoms with Gasteiger partial charge in [0.1, 0.15) is 9.79 Å². The Labute approximate surface area is 490 Å². The molecule has 0 saturated heterocycles. The second kappa shape index (κ2) is 25.2. The van der Waals surface area contributed by atoms with Crippen molar-refractivity contribution in [1.29, 1.82) is 0 Å². The van der Waals surface area contributed by atoms with Gasteiger partial charge in [-0.1, -0.05) is 74.1 Å². The quantitative estimate of drug-likeness (QED) is 0.0472. The Morgan fingerprint density at radius 2 is 1.00 bits per heavy atom. The smallest absolute Gasteiger partial charge is 0.369 e. The fraction of sp³-hybridized carbons (Fsp3) is 0.349. The molecule has 22 nitrogen and oxygen atoms in total. The van der Waals surface area contributed by atoms with Crippen LogP contribution in [0.4, 0.5) is 17.6 Å². The molecule has 79 heavy (non-hydrogen) atoms. The number of sulfonamides is 2. The standard InChI is InChI=1S/C22H21Cl2F2N5O6S.C21H19Cl2F2N5O6S.BBr3/c1-22(2)7-10(8-22)30-38(34,35)15-6-16(27-9-14(15)36-3)37-18-12(23)4-11(5-13(18)24)31-21(33)28-20(32)17(29-31)19(25)26;1-21(2)6-9(7-21)29-37(34,35)14-5-15(26-8-13(14)31)36-17-11(22)3-10(4-12(17)23)30-20(33)27-19(32)16(28-30)18(24)25;2-1(3)4/h4-6,9-10,19,30H,7-8H2,1-3H3,(H,28,32,33);3-5,8-9,18,29,31H,6-7H2,1-2H3,(H,27,32,33);. The predicted molar refractivity (Wildman–Crippen MR) is 294 cm³/mol. The van der Waals surface area contributed by atoms with E-state index in [0.29, 0.717) is 35.0 Å². The molecule has 2 fully saturated rings.